The van der Waals surface area contributed by atoms with Gasteiger partial charge in [-0.2, -0.15) is 0 Å². The molecule has 1 aliphatic carbocycles. The van der Waals surface area contributed by atoms with E-state index in [9.17, 15) is 9.59 Å². The quantitative estimate of drug-likeness (QED) is 0.209. The Morgan fingerprint density at radius 2 is 1.43 bits per heavy atom. The van der Waals surface area contributed by atoms with Gasteiger partial charge in [-0.1, -0.05) is 91.1 Å². The molecule has 1 fully saturated rings. The number of carbonyl (C=O) groups excluding carboxylic acids is 2. The van der Waals surface area contributed by atoms with Crippen LogP contribution in [0.1, 0.15) is 62.1 Å². The van der Waals surface area contributed by atoms with E-state index in [1.54, 1.807) is 35.1 Å². The molecule has 0 unspecified atom stereocenters. The molecule has 4 aromatic carbocycles. The first-order chi connectivity index (χ1) is 21.3. The number of carbonyl (C=O) groups is 2. The molecule has 2 aliphatic rings. The van der Waals surface area contributed by atoms with Crippen LogP contribution in [-0.4, -0.2) is 23.8 Å². The molecule has 0 aromatic heterocycles. The van der Waals surface area contributed by atoms with Gasteiger partial charge in [0.05, 0.1) is 35.1 Å². The van der Waals surface area contributed by atoms with Crippen LogP contribution in [0.5, 0.6) is 5.75 Å². The predicted octanol–water partition coefficient (Wildman–Crippen LogP) is 10.8. The number of hydrogen-bond donors (Lipinski definition) is 0. The molecular formula is C36H35Cl3N2O3. The Labute approximate surface area is 274 Å². The summed E-state index contributed by atoms with van der Waals surface area (Å²) < 4.78 is 5.32. The summed E-state index contributed by atoms with van der Waals surface area (Å²) in [5.41, 5.74) is 5.97. The molecule has 2 amide bonds. The molecule has 1 aliphatic heterocycles. The molecule has 1 heterocycles. The summed E-state index contributed by atoms with van der Waals surface area (Å²) in [5, 5.41) is 1.37. The summed E-state index contributed by atoms with van der Waals surface area (Å²) >= 11 is 20.3. The van der Waals surface area contributed by atoms with Crippen molar-refractivity contribution >= 4 is 58.0 Å². The summed E-state index contributed by atoms with van der Waals surface area (Å²) in [6.07, 6.45) is 2.64. The lowest BCUT2D eigenvalue weighted by Gasteiger charge is -2.39. The number of ketones is 1. The third kappa shape index (κ3) is 6.46. The fourth-order valence-corrected chi connectivity index (χ4v) is 6.77. The normalized spacial score (nSPS) is 15.0. The average Bonchev–Trinajstić information content (AvgIpc) is 3.04. The number of hydrogen-bond acceptors (Lipinski definition) is 3. The van der Waals surface area contributed by atoms with Crippen molar-refractivity contribution in [1.29, 1.82) is 0 Å². The highest BCUT2D eigenvalue weighted by atomic mass is 35.5. The monoisotopic (exact) mass is 648 g/mol. The number of benzene rings is 4. The van der Waals surface area contributed by atoms with E-state index < -0.39 is 0 Å². The van der Waals surface area contributed by atoms with Crippen LogP contribution < -0.4 is 9.64 Å². The minimum atomic E-state index is -0.227. The van der Waals surface area contributed by atoms with Crippen LogP contribution >= 0.6 is 34.8 Å². The Bertz CT molecular complexity index is 1640. The maximum absolute atomic E-state index is 14.4. The number of fused-ring (bicyclic) bond motifs is 1. The summed E-state index contributed by atoms with van der Waals surface area (Å²) in [4.78, 5) is 29.9. The Morgan fingerprint density at radius 1 is 0.795 bits per heavy atom. The molecule has 0 radical (unpaired) electrons. The SMILES string of the molecule is CC.COc1ccc(CN2Cc3c(-c4ccccc4Cl)cc(C4CCC(=O)CC4)cc3N(c3c(Cl)cccc3Cl)C2=O)cc1. The van der Waals surface area contributed by atoms with Gasteiger partial charge in [0.15, 0.2) is 0 Å². The maximum Gasteiger partial charge on any atom is 0.329 e. The zero-order valence-electron chi connectivity index (χ0n) is 25.1. The van der Waals surface area contributed by atoms with Crippen LogP contribution in [0.4, 0.5) is 16.2 Å². The third-order valence-electron chi connectivity index (χ3n) is 8.17. The smallest absolute Gasteiger partial charge is 0.329 e. The minimum Gasteiger partial charge on any atom is -0.497 e. The second kappa shape index (κ2) is 14.1. The van der Waals surface area contributed by atoms with Crippen LogP contribution in [0, 0.1) is 0 Å². The van der Waals surface area contributed by atoms with E-state index in [4.69, 9.17) is 39.5 Å². The Morgan fingerprint density at radius 3 is 2.07 bits per heavy atom. The molecule has 0 saturated heterocycles. The number of nitrogens with zero attached hydrogens (tertiary/aromatic N) is 2. The fourth-order valence-electron chi connectivity index (χ4n) is 5.97. The van der Waals surface area contributed by atoms with Gasteiger partial charge < -0.3 is 9.64 Å². The van der Waals surface area contributed by atoms with E-state index in [-0.39, 0.29) is 11.9 Å². The second-order valence-electron chi connectivity index (χ2n) is 10.8. The number of para-hydroxylation sites is 1. The molecule has 6 rings (SSSR count). The van der Waals surface area contributed by atoms with E-state index in [0.29, 0.717) is 52.5 Å². The highest BCUT2D eigenvalue weighted by Crippen LogP contribution is 2.48. The van der Waals surface area contributed by atoms with Gasteiger partial charge in [-0.25, -0.2) is 4.79 Å². The number of Topliss-reactive ketones (excluding diaryl/α,β-unsaturated/α-hetero) is 1. The lowest BCUT2D eigenvalue weighted by Crippen LogP contribution is -2.44. The number of anilines is 2. The van der Waals surface area contributed by atoms with E-state index in [0.717, 1.165) is 52.1 Å². The van der Waals surface area contributed by atoms with E-state index >= 15 is 0 Å². The zero-order valence-corrected chi connectivity index (χ0v) is 27.3. The summed E-state index contributed by atoms with van der Waals surface area (Å²) in [7, 11) is 1.63. The van der Waals surface area contributed by atoms with Crippen molar-refractivity contribution < 1.29 is 14.3 Å². The number of halogens is 3. The molecule has 0 bridgehead atoms. The summed E-state index contributed by atoms with van der Waals surface area (Å²) in [6, 6.07) is 24.7. The summed E-state index contributed by atoms with van der Waals surface area (Å²) in [6.45, 7) is 4.73. The zero-order chi connectivity index (χ0) is 31.4. The third-order valence-corrected chi connectivity index (χ3v) is 9.11. The first kappa shape index (κ1) is 31.9. The maximum atomic E-state index is 14.4. The highest BCUT2D eigenvalue weighted by molar-refractivity contribution is 6.40. The van der Waals surface area contributed by atoms with Crippen LogP contribution in [0.25, 0.3) is 11.1 Å². The molecule has 5 nitrogen and oxygen atoms in total. The average molecular weight is 650 g/mol. The molecule has 0 spiro atoms. The Kier molecular flexibility index (Phi) is 10.2. The van der Waals surface area contributed by atoms with Gasteiger partial charge in [0.1, 0.15) is 11.5 Å². The van der Waals surface area contributed by atoms with E-state index in [1.165, 1.54) is 0 Å². The topological polar surface area (TPSA) is 49.9 Å². The molecule has 0 N–H and O–H groups in total. The van der Waals surface area contributed by atoms with Crippen molar-refractivity contribution in [3.8, 4) is 16.9 Å². The largest absolute Gasteiger partial charge is 0.497 e. The van der Waals surface area contributed by atoms with Crippen LogP contribution in [0.15, 0.2) is 78.9 Å². The van der Waals surface area contributed by atoms with Crippen molar-refractivity contribution in [3.05, 3.63) is 111 Å². The first-order valence-corrected chi connectivity index (χ1v) is 16.1. The van der Waals surface area contributed by atoms with Crippen molar-refractivity contribution in [2.24, 2.45) is 0 Å². The predicted molar refractivity (Wildman–Crippen MR) is 181 cm³/mol. The molecule has 8 heteroatoms. The second-order valence-corrected chi connectivity index (χ2v) is 12.0. The van der Waals surface area contributed by atoms with Gasteiger partial charge in [-0.05, 0) is 71.8 Å². The Balaban J connectivity index is 0.00000188. The number of methoxy groups -OCH3 is 1. The van der Waals surface area contributed by atoms with Gasteiger partial charge in [0.2, 0.25) is 0 Å². The van der Waals surface area contributed by atoms with Crippen LogP contribution in [0.3, 0.4) is 0 Å². The number of rotatable bonds is 6. The number of urea groups is 1. The molecule has 0 atom stereocenters. The number of ether oxygens (including phenoxy) is 1. The number of amides is 2. The van der Waals surface area contributed by atoms with Gasteiger partial charge in [0, 0.05) is 35.5 Å². The van der Waals surface area contributed by atoms with Crippen molar-refractivity contribution in [1.82, 2.24) is 4.90 Å². The lowest BCUT2D eigenvalue weighted by molar-refractivity contribution is -0.120. The van der Waals surface area contributed by atoms with Crippen molar-refractivity contribution in [3.63, 3.8) is 0 Å². The first-order valence-electron chi connectivity index (χ1n) is 14.9. The van der Waals surface area contributed by atoms with E-state index in [2.05, 4.69) is 12.1 Å². The van der Waals surface area contributed by atoms with Crippen molar-refractivity contribution in [2.75, 3.05) is 12.0 Å². The lowest BCUT2D eigenvalue weighted by atomic mass is 9.81. The Hall–Kier alpha value is -3.51. The van der Waals surface area contributed by atoms with Gasteiger partial charge in [-0.15, -0.1) is 0 Å². The minimum absolute atomic E-state index is 0.185. The molecule has 228 valence electrons. The molecule has 4 aromatic rings. The van der Waals surface area contributed by atoms with Gasteiger partial charge >= 0.3 is 6.03 Å². The highest BCUT2D eigenvalue weighted by Gasteiger charge is 2.37. The van der Waals surface area contributed by atoms with Crippen molar-refractivity contribution in [2.45, 2.75) is 58.5 Å². The van der Waals surface area contributed by atoms with E-state index in [1.807, 2.05) is 62.4 Å². The van der Waals surface area contributed by atoms with Gasteiger partial charge in [0.25, 0.3) is 0 Å². The molecule has 1 saturated carbocycles. The fraction of sp³-hybridized carbons (Fsp3) is 0.278. The molecule has 44 heavy (non-hydrogen) atoms. The molecular weight excluding hydrogens is 615 g/mol. The van der Waals surface area contributed by atoms with Crippen LogP contribution in [0.2, 0.25) is 15.1 Å². The standard InChI is InChI=1S/C34H29Cl3N2O3.C2H6/c1-42-25-15-9-21(10-16-25)19-38-20-28-27(26-5-2-3-6-29(26)35)17-23(22-11-13-24(40)14-12-22)18-32(28)39(34(38)41)33-30(36)7-4-8-31(33)37;1-2/h2-10,15-18,22H,11-14,19-20H2,1H3;1-2H3. The van der Waals surface area contributed by atoms with Crippen LogP contribution in [-0.2, 0) is 17.9 Å². The van der Waals surface area contributed by atoms with Gasteiger partial charge in [-0.3, -0.25) is 9.69 Å². The summed E-state index contributed by atoms with van der Waals surface area (Å²) in [5.74, 6) is 1.23.